The predicted molar refractivity (Wildman–Crippen MR) is 63.8 cm³/mol. The quantitative estimate of drug-likeness (QED) is 0.760. The van der Waals surface area contributed by atoms with Gasteiger partial charge in [0, 0.05) is 11.3 Å². The van der Waals surface area contributed by atoms with Gasteiger partial charge in [-0.1, -0.05) is 18.5 Å². The molecule has 1 atom stereocenters. The number of hydrogen-bond acceptors (Lipinski definition) is 2. The topological polar surface area (TPSA) is 12.0 Å². The first-order valence-corrected chi connectivity index (χ1v) is 5.95. The van der Waals surface area contributed by atoms with Crippen molar-refractivity contribution in [3.63, 3.8) is 0 Å². The molecule has 0 amide bonds. The second-order valence-corrected chi connectivity index (χ2v) is 4.40. The lowest BCUT2D eigenvalue weighted by molar-refractivity contribution is 0.550. The van der Waals surface area contributed by atoms with Crippen LogP contribution in [0.1, 0.15) is 30.7 Å². The Morgan fingerprint density at radius 3 is 3.00 bits per heavy atom. The Kier molecular flexibility index (Phi) is 5.03. The molecular weight excluding hydrogens is 214 g/mol. The van der Waals surface area contributed by atoms with E-state index in [1.807, 2.05) is 11.4 Å². The molecule has 1 heterocycles. The maximum Gasteiger partial charge on any atom is 0.0561 e. The first-order valence-electron chi connectivity index (χ1n) is 4.69. The van der Waals surface area contributed by atoms with Crippen LogP contribution in [-0.4, -0.2) is 6.54 Å². The number of hydrogen-bond donors (Lipinski definition) is 1. The maximum absolute atomic E-state index is 6.05. The molecule has 14 heavy (non-hydrogen) atoms. The van der Waals surface area contributed by atoms with Crippen molar-refractivity contribution in [2.75, 3.05) is 6.54 Å². The molecule has 1 rings (SSSR count). The molecule has 76 valence electrons. The molecule has 1 aromatic rings. The van der Waals surface area contributed by atoms with Crippen LogP contribution in [0.2, 0.25) is 5.02 Å². The normalized spacial score (nSPS) is 12.4. The van der Waals surface area contributed by atoms with E-state index in [0.717, 1.165) is 22.9 Å². The van der Waals surface area contributed by atoms with E-state index < -0.39 is 0 Å². The van der Waals surface area contributed by atoms with Gasteiger partial charge >= 0.3 is 0 Å². The largest absolute Gasteiger partial charge is 0.308 e. The minimum Gasteiger partial charge on any atom is -0.308 e. The van der Waals surface area contributed by atoms with Crippen molar-refractivity contribution in [2.45, 2.75) is 25.8 Å². The molecule has 0 aliphatic heterocycles. The van der Waals surface area contributed by atoms with Gasteiger partial charge in [-0.05, 0) is 24.4 Å². The van der Waals surface area contributed by atoms with Gasteiger partial charge in [-0.2, -0.15) is 0 Å². The van der Waals surface area contributed by atoms with Gasteiger partial charge in [0.2, 0.25) is 0 Å². The zero-order chi connectivity index (χ0) is 10.4. The Balaban J connectivity index is 2.68. The fourth-order valence-electron chi connectivity index (χ4n) is 1.25. The third kappa shape index (κ3) is 3.02. The second-order valence-electron chi connectivity index (χ2n) is 3.05. The number of nitrogens with one attached hydrogen (secondary N) is 1. The maximum atomic E-state index is 6.05. The van der Waals surface area contributed by atoms with E-state index in [0.29, 0.717) is 6.42 Å². The van der Waals surface area contributed by atoms with Crippen molar-refractivity contribution in [1.82, 2.24) is 5.32 Å². The van der Waals surface area contributed by atoms with Gasteiger partial charge in [0.05, 0.1) is 11.1 Å². The van der Waals surface area contributed by atoms with Crippen LogP contribution in [0.5, 0.6) is 0 Å². The van der Waals surface area contributed by atoms with E-state index in [4.69, 9.17) is 18.0 Å². The van der Waals surface area contributed by atoms with Gasteiger partial charge in [-0.25, -0.2) is 0 Å². The summed E-state index contributed by atoms with van der Waals surface area (Å²) < 4.78 is 0. The van der Waals surface area contributed by atoms with E-state index >= 15 is 0 Å². The second kappa shape index (κ2) is 6.08. The predicted octanol–water partition coefficient (Wildman–Crippen LogP) is 3.47. The summed E-state index contributed by atoms with van der Waals surface area (Å²) in [6.07, 6.45) is 7.12. The van der Waals surface area contributed by atoms with E-state index in [1.54, 1.807) is 11.3 Å². The first kappa shape index (κ1) is 11.6. The number of halogens is 1. The summed E-state index contributed by atoms with van der Waals surface area (Å²) in [7, 11) is 0. The summed E-state index contributed by atoms with van der Waals surface area (Å²) in [5, 5.41) is 6.21. The van der Waals surface area contributed by atoms with Crippen molar-refractivity contribution in [2.24, 2.45) is 0 Å². The third-order valence-electron chi connectivity index (χ3n) is 1.92. The van der Waals surface area contributed by atoms with Gasteiger partial charge in [-0.3, -0.25) is 0 Å². The van der Waals surface area contributed by atoms with Crippen LogP contribution < -0.4 is 5.32 Å². The third-order valence-corrected chi connectivity index (χ3v) is 3.40. The SMILES string of the molecule is C#CCC(NCCC)c1sccc1Cl. The molecule has 0 fully saturated rings. The molecule has 0 saturated carbocycles. The lowest BCUT2D eigenvalue weighted by Crippen LogP contribution is -2.21. The fourth-order valence-corrected chi connectivity index (χ4v) is 2.51. The van der Waals surface area contributed by atoms with Crippen molar-refractivity contribution in [1.29, 1.82) is 0 Å². The number of terminal acetylenes is 1. The molecule has 0 aliphatic carbocycles. The molecule has 1 aromatic heterocycles. The van der Waals surface area contributed by atoms with Crippen LogP contribution in [0.15, 0.2) is 11.4 Å². The zero-order valence-corrected chi connectivity index (χ0v) is 9.79. The molecule has 0 aliphatic rings. The molecule has 1 nitrogen and oxygen atoms in total. The highest BCUT2D eigenvalue weighted by molar-refractivity contribution is 7.10. The molecule has 0 spiro atoms. The highest BCUT2D eigenvalue weighted by Gasteiger charge is 2.13. The number of thiophene rings is 1. The lowest BCUT2D eigenvalue weighted by Gasteiger charge is -2.14. The molecule has 0 radical (unpaired) electrons. The Bertz CT molecular complexity index is 313. The molecule has 1 N–H and O–H groups in total. The van der Waals surface area contributed by atoms with Crippen LogP contribution in [0.3, 0.4) is 0 Å². The molecule has 1 unspecified atom stereocenters. The number of rotatable bonds is 5. The van der Waals surface area contributed by atoms with Crippen molar-refractivity contribution in [3.05, 3.63) is 21.3 Å². The molecule has 0 bridgehead atoms. The van der Waals surface area contributed by atoms with Gasteiger partial charge in [0.1, 0.15) is 0 Å². The Hall–Kier alpha value is -0.490. The molecular formula is C11H14ClNS. The van der Waals surface area contributed by atoms with E-state index in [1.165, 1.54) is 0 Å². The van der Waals surface area contributed by atoms with Crippen LogP contribution in [0.4, 0.5) is 0 Å². The summed E-state index contributed by atoms with van der Waals surface area (Å²) in [6.45, 7) is 3.11. The molecule has 0 saturated heterocycles. The van der Waals surface area contributed by atoms with Gasteiger partial charge in [0.15, 0.2) is 0 Å². The van der Waals surface area contributed by atoms with E-state index in [9.17, 15) is 0 Å². The average molecular weight is 228 g/mol. The van der Waals surface area contributed by atoms with E-state index in [2.05, 4.69) is 18.2 Å². The van der Waals surface area contributed by atoms with Crippen LogP contribution >= 0.6 is 22.9 Å². The standard InChI is InChI=1S/C11H14ClNS/c1-3-5-10(13-7-4-2)11-9(12)6-8-14-11/h1,6,8,10,13H,4-5,7H2,2H3. The van der Waals surface area contributed by atoms with Crippen LogP contribution in [0, 0.1) is 12.3 Å². The summed E-state index contributed by atoms with van der Waals surface area (Å²) in [5.74, 6) is 2.68. The molecule has 0 aromatic carbocycles. The van der Waals surface area contributed by atoms with Gasteiger partial charge in [-0.15, -0.1) is 23.7 Å². The monoisotopic (exact) mass is 227 g/mol. The molecule has 3 heteroatoms. The Morgan fingerprint density at radius 1 is 1.71 bits per heavy atom. The summed E-state index contributed by atoms with van der Waals surface area (Å²) in [4.78, 5) is 1.15. The minimum absolute atomic E-state index is 0.215. The summed E-state index contributed by atoms with van der Waals surface area (Å²) in [6, 6.07) is 2.13. The summed E-state index contributed by atoms with van der Waals surface area (Å²) >= 11 is 7.71. The first-order chi connectivity index (χ1) is 6.79. The van der Waals surface area contributed by atoms with E-state index in [-0.39, 0.29) is 6.04 Å². The zero-order valence-electron chi connectivity index (χ0n) is 8.22. The Labute approximate surface area is 94.5 Å². The highest BCUT2D eigenvalue weighted by Crippen LogP contribution is 2.30. The van der Waals surface area contributed by atoms with Crippen molar-refractivity contribution in [3.8, 4) is 12.3 Å². The fraction of sp³-hybridized carbons (Fsp3) is 0.455. The van der Waals surface area contributed by atoms with Crippen LogP contribution in [0.25, 0.3) is 0 Å². The Morgan fingerprint density at radius 2 is 2.50 bits per heavy atom. The van der Waals surface area contributed by atoms with Crippen molar-refractivity contribution >= 4 is 22.9 Å². The smallest absolute Gasteiger partial charge is 0.0561 e. The van der Waals surface area contributed by atoms with Gasteiger partial charge in [0.25, 0.3) is 0 Å². The average Bonchev–Trinajstić information content (AvgIpc) is 2.59. The highest BCUT2D eigenvalue weighted by atomic mass is 35.5. The minimum atomic E-state index is 0.215. The van der Waals surface area contributed by atoms with Crippen molar-refractivity contribution < 1.29 is 0 Å². The summed E-state index contributed by atoms with van der Waals surface area (Å²) in [5.41, 5.74) is 0. The van der Waals surface area contributed by atoms with Gasteiger partial charge < -0.3 is 5.32 Å². The van der Waals surface area contributed by atoms with Crippen LogP contribution in [-0.2, 0) is 0 Å². The lowest BCUT2D eigenvalue weighted by atomic mass is 10.1.